The molecule has 2 N–H and O–H groups in total. The Balaban J connectivity index is 1.44. The zero-order valence-electron chi connectivity index (χ0n) is 16.0. The van der Waals surface area contributed by atoms with E-state index in [1.165, 1.54) is 25.9 Å². The molecule has 1 heterocycles. The summed E-state index contributed by atoms with van der Waals surface area (Å²) in [6.45, 7) is 7.19. The summed E-state index contributed by atoms with van der Waals surface area (Å²) >= 11 is 0. The molecule has 1 saturated heterocycles. The van der Waals surface area contributed by atoms with E-state index in [-0.39, 0.29) is 11.8 Å². The number of carbonyl (C=O) groups is 2. The summed E-state index contributed by atoms with van der Waals surface area (Å²) in [4.78, 5) is 26.2. The van der Waals surface area contributed by atoms with Gasteiger partial charge in [-0.05, 0) is 63.2 Å². The summed E-state index contributed by atoms with van der Waals surface area (Å²) in [5.74, 6) is 0.814. The third-order valence-corrected chi connectivity index (χ3v) is 4.87. The smallest absolute Gasteiger partial charge is 0.251 e. The summed E-state index contributed by atoms with van der Waals surface area (Å²) in [5, 5.41) is 5.82. The normalized spacial score (nSPS) is 17.7. The number of hydrogen-bond donors (Lipinski definition) is 2. The molecule has 2 amide bonds. The van der Waals surface area contributed by atoms with Gasteiger partial charge in [0.25, 0.3) is 5.91 Å². The summed E-state index contributed by atoms with van der Waals surface area (Å²) in [6.07, 6.45) is 5.97. The maximum Gasteiger partial charge on any atom is 0.251 e. The predicted molar refractivity (Wildman–Crippen MR) is 105 cm³/mol. The fourth-order valence-corrected chi connectivity index (χ4v) is 3.41. The number of piperidine rings is 1. The standard InChI is InChI=1S/C21H33N3O2/c1-18-9-8-16-24(17-18)15-6-5-13-22-20(25)12-7-14-23-21(26)19-10-3-2-4-11-19/h2-4,10-11,18H,5-9,12-17H2,1H3,(H,22,25)(H,23,26). The Bertz CT molecular complexity index is 547. The molecule has 0 spiro atoms. The van der Waals surface area contributed by atoms with Crippen LogP contribution in [0.5, 0.6) is 0 Å². The molecule has 1 aliphatic rings. The molecule has 1 aromatic rings. The Hall–Kier alpha value is -1.88. The van der Waals surface area contributed by atoms with Gasteiger partial charge in [-0.25, -0.2) is 0 Å². The van der Waals surface area contributed by atoms with Crippen molar-refractivity contribution in [2.24, 2.45) is 5.92 Å². The number of benzene rings is 1. The van der Waals surface area contributed by atoms with E-state index in [9.17, 15) is 9.59 Å². The molecule has 0 saturated carbocycles. The van der Waals surface area contributed by atoms with Gasteiger partial charge >= 0.3 is 0 Å². The third kappa shape index (κ3) is 8.00. The molecule has 26 heavy (non-hydrogen) atoms. The maximum atomic E-state index is 11.9. The Morgan fingerprint density at radius 2 is 1.85 bits per heavy atom. The topological polar surface area (TPSA) is 61.4 Å². The minimum absolute atomic E-state index is 0.0746. The van der Waals surface area contributed by atoms with Gasteiger partial charge in [0.1, 0.15) is 0 Å². The third-order valence-electron chi connectivity index (χ3n) is 4.87. The van der Waals surface area contributed by atoms with Gasteiger partial charge in [0, 0.05) is 31.6 Å². The van der Waals surface area contributed by atoms with E-state index in [1.54, 1.807) is 12.1 Å². The number of hydrogen-bond acceptors (Lipinski definition) is 3. The van der Waals surface area contributed by atoms with E-state index < -0.39 is 0 Å². The summed E-state index contributed by atoms with van der Waals surface area (Å²) in [7, 11) is 0. The number of unbranched alkanes of at least 4 members (excludes halogenated alkanes) is 1. The van der Waals surface area contributed by atoms with Gasteiger partial charge in [-0.1, -0.05) is 25.1 Å². The summed E-state index contributed by atoms with van der Waals surface area (Å²) in [6, 6.07) is 9.13. The molecule has 0 aliphatic carbocycles. The lowest BCUT2D eigenvalue weighted by molar-refractivity contribution is -0.121. The van der Waals surface area contributed by atoms with Crippen molar-refractivity contribution in [3.8, 4) is 0 Å². The van der Waals surface area contributed by atoms with Crippen molar-refractivity contribution in [3.05, 3.63) is 35.9 Å². The predicted octanol–water partition coefficient (Wildman–Crippen LogP) is 2.82. The van der Waals surface area contributed by atoms with Gasteiger partial charge in [-0.3, -0.25) is 9.59 Å². The average molecular weight is 360 g/mol. The molecule has 1 atom stereocenters. The molecule has 0 radical (unpaired) electrons. The van der Waals surface area contributed by atoms with Gasteiger partial charge < -0.3 is 15.5 Å². The molecule has 0 aromatic heterocycles. The van der Waals surface area contributed by atoms with Crippen LogP contribution in [0.25, 0.3) is 0 Å². The van der Waals surface area contributed by atoms with Gasteiger partial charge in [0.2, 0.25) is 5.91 Å². The van der Waals surface area contributed by atoms with E-state index >= 15 is 0 Å². The van der Waals surface area contributed by atoms with Crippen LogP contribution in [-0.4, -0.2) is 49.4 Å². The second-order valence-corrected chi connectivity index (χ2v) is 7.33. The number of nitrogens with one attached hydrogen (secondary N) is 2. The van der Waals surface area contributed by atoms with E-state index in [0.29, 0.717) is 24.9 Å². The first kappa shape index (κ1) is 20.4. The second kappa shape index (κ2) is 11.7. The largest absolute Gasteiger partial charge is 0.356 e. The number of likely N-dealkylation sites (tertiary alicyclic amines) is 1. The van der Waals surface area contributed by atoms with E-state index in [0.717, 1.165) is 31.8 Å². The number of carbonyl (C=O) groups excluding carboxylic acids is 2. The summed E-state index contributed by atoms with van der Waals surface area (Å²) < 4.78 is 0. The first-order valence-corrected chi connectivity index (χ1v) is 9.97. The monoisotopic (exact) mass is 359 g/mol. The molecule has 144 valence electrons. The van der Waals surface area contributed by atoms with Crippen molar-refractivity contribution in [3.63, 3.8) is 0 Å². The highest BCUT2D eigenvalue weighted by molar-refractivity contribution is 5.94. The van der Waals surface area contributed by atoms with E-state index in [1.807, 2.05) is 18.2 Å². The lowest BCUT2D eigenvalue weighted by Crippen LogP contribution is -2.35. The number of amides is 2. The molecule has 1 fully saturated rings. The fourth-order valence-electron chi connectivity index (χ4n) is 3.41. The Morgan fingerprint density at radius 3 is 2.62 bits per heavy atom. The van der Waals surface area contributed by atoms with Crippen molar-refractivity contribution < 1.29 is 9.59 Å². The van der Waals surface area contributed by atoms with Crippen LogP contribution in [0, 0.1) is 5.92 Å². The minimum atomic E-state index is -0.0851. The first-order chi connectivity index (χ1) is 12.6. The van der Waals surface area contributed by atoms with Crippen LogP contribution < -0.4 is 10.6 Å². The second-order valence-electron chi connectivity index (χ2n) is 7.33. The average Bonchev–Trinajstić information content (AvgIpc) is 2.65. The molecule has 5 nitrogen and oxygen atoms in total. The minimum Gasteiger partial charge on any atom is -0.356 e. The Kier molecular flexibility index (Phi) is 9.18. The lowest BCUT2D eigenvalue weighted by atomic mass is 10.0. The van der Waals surface area contributed by atoms with Crippen LogP contribution in [0.2, 0.25) is 0 Å². The number of rotatable bonds is 10. The van der Waals surface area contributed by atoms with E-state index in [2.05, 4.69) is 22.5 Å². The van der Waals surface area contributed by atoms with Crippen molar-refractivity contribution in [1.29, 1.82) is 0 Å². The van der Waals surface area contributed by atoms with E-state index in [4.69, 9.17) is 0 Å². The maximum absolute atomic E-state index is 11.9. The van der Waals surface area contributed by atoms with Crippen molar-refractivity contribution in [1.82, 2.24) is 15.5 Å². The molecule has 1 aliphatic heterocycles. The highest BCUT2D eigenvalue weighted by Gasteiger charge is 2.15. The zero-order valence-corrected chi connectivity index (χ0v) is 16.0. The molecular weight excluding hydrogens is 326 g/mol. The molecule has 1 aromatic carbocycles. The van der Waals surface area contributed by atoms with Crippen LogP contribution in [0.15, 0.2) is 30.3 Å². The van der Waals surface area contributed by atoms with Crippen LogP contribution in [-0.2, 0) is 4.79 Å². The van der Waals surface area contributed by atoms with Gasteiger partial charge in [0.05, 0.1) is 0 Å². The summed E-state index contributed by atoms with van der Waals surface area (Å²) in [5.41, 5.74) is 0.653. The van der Waals surface area contributed by atoms with Gasteiger partial charge in [-0.2, -0.15) is 0 Å². The molecule has 2 rings (SSSR count). The van der Waals surface area contributed by atoms with Crippen LogP contribution >= 0.6 is 0 Å². The molecule has 1 unspecified atom stereocenters. The lowest BCUT2D eigenvalue weighted by Gasteiger charge is -2.30. The van der Waals surface area contributed by atoms with Crippen LogP contribution in [0.4, 0.5) is 0 Å². The highest BCUT2D eigenvalue weighted by Crippen LogP contribution is 2.15. The van der Waals surface area contributed by atoms with Crippen LogP contribution in [0.3, 0.4) is 0 Å². The Labute approximate surface area is 157 Å². The SMILES string of the molecule is CC1CCCN(CCCCNC(=O)CCCNC(=O)c2ccccc2)C1. The molecule has 5 heteroatoms. The van der Waals surface area contributed by atoms with Crippen LogP contribution in [0.1, 0.15) is 55.8 Å². The molecule has 0 bridgehead atoms. The first-order valence-electron chi connectivity index (χ1n) is 9.97. The quantitative estimate of drug-likeness (QED) is 0.632. The Morgan fingerprint density at radius 1 is 1.08 bits per heavy atom. The van der Waals surface area contributed by atoms with Gasteiger partial charge in [0.15, 0.2) is 0 Å². The van der Waals surface area contributed by atoms with Crippen molar-refractivity contribution in [2.75, 3.05) is 32.7 Å². The zero-order chi connectivity index (χ0) is 18.6. The highest BCUT2D eigenvalue weighted by atomic mass is 16.2. The van der Waals surface area contributed by atoms with Crippen molar-refractivity contribution >= 4 is 11.8 Å². The number of nitrogens with zero attached hydrogens (tertiary/aromatic N) is 1. The van der Waals surface area contributed by atoms with Gasteiger partial charge in [-0.15, -0.1) is 0 Å². The fraction of sp³-hybridized carbons (Fsp3) is 0.619. The molecular formula is C21H33N3O2. The van der Waals surface area contributed by atoms with Crippen molar-refractivity contribution in [2.45, 2.75) is 45.4 Å².